The first kappa shape index (κ1) is 54.4. The second-order valence-corrected chi connectivity index (χ2v) is 42.4. The number of hydrogen-bond acceptors (Lipinski definition) is 4. The van der Waals surface area contributed by atoms with Gasteiger partial charge >= 0.3 is 75.4 Å². The van der Waals surface area contributed by atoms with Gasteiger partial charge in [-0.25, -0.2) is 0 Å². The normalized spacial score (nSPS) is 14.7. The molecule has 0 radical (unpaired) electrons. The monoisotopic (exact) mass is 654 g/mol. The molecule has 0 aliphatic carbocycles. The van der Waals surface area contributed by atoms with Crippen LogP contribution in [0.15, 0.2) is 0 Å². The molecular weight excluding hydrogens is 604 g/mol. The van der Waals surface area contributed by atoms with E-state index in [4.69, 9.17) is 0 Å². The zero-order chi connectivity index (χ0) is 28.2. The van der Waals surface area contributed by atoms with Crippen LogP contribution in [-0.4, -0.2) is 46.3 Å². The molecule has 4 N–H and O–H groups in total. The van der Waals surface area contributed by atoms with E-state index in [1.165, 1.54) is 0 Å². The molecule has 0 aromatic carbocycles. The van der Waals surface area contributed by atoms with Crippen molar-refractivity contribution >= 4 is 62.7 Å². The maximum atomic E-state index is 12.8. The first-order chi connectivity index (χ1) is 14.2. The molecule has 0 aromatic heterocycles. The first-order valence-electron chi connectivity index (χ1n) is 10.9. The Balaban J connectivity index is -0.000000122. The molecule has 0 rings (SSSR count). The minimum absolute atomic E-state index is 0. The summed E-state index contributed by atoms with van der Waals surface area (Å²) >= 11 is 0. The third-order valence-corrected chi connectivity index (χ3v) is 23.1. The van der Waals surface area contributed by atoms with E-state index in [9.17, 15) is 18.3 Å². The fraction of sp³-hybridized carbons (Fsp3) is 0.875. The van der Waals surface area contributed by atoms with E-state index >= 15 is 0 Å². The summed E-state index contributed by atoms with van der Waals surface area (Å²) in [4.78, 5) is 6.60. The molecule has 0 aromatic rings. The molecule has 38 heavy (non-hydrogen) atoms. The van der Waals surface area contributed by atoms with Crippen molar-refractivity contribution in [1.82, 2.24) is 19.1 Å². The largest absolute Gasteiger partial charge is 1.00 e. The summed E-state index contributed by atoms with van der Waals surface area (Å²) in [5, 5.41) is 0. The topological polar surface area (TPSA) is 145 Å². The van der Waals surface area contributed by atoms with Crippen LogP contribution in [0.4, 0.5) is 0 Å². The molecule has 0 saturated heterocycles. The molecule has 22 heteroatoms. The summed E-state index contributed by atoms with van der Waals surface area (Å²) in [6.07, 6.45) is 0. The molecule has 1 unspecified atom stereocenters. The third-order valence-electron chi connectivity index (χ3n) is 2.57. The zero-order valence-electron chi connectivity index (χ0n) is 27.7. The van der Waals surface area contributed by atoms with Gasteiger partial charge in [0.25, 0.3) is 7.59 Å². The quantitative estimate of drug-likeness (QED) is 0.0950. The van der Waals surface area contributed by atoms with Crippen molar-refractivity contribution in [3.8, 4) is 0 Å². The second-order valence-electron chi connectivity index (χ2n) is 12.9. The minimum atomic E-state index is -3.35. The Hall–Kier alpha value is 3.94. The van der Waals surface area contributed by atoms with Gasteiger partial charge in [0.05, 0.1) is 0 Å². The Labute approximate surface area is 287 Å². The molecule has 0 aliphatic heterocycles. The maximum absolute atomic E-state index is 12.8. The summed E-state index contributed by atoms with van der Waals surface area (Å²) in [5.41, 5.74) is 0. The van der Waals surface area contributed by atoms with Crippen LogP contribution in [0.5, 0.6) is 0 Å². The minimum Gasteiger partial charge on any atom is -0.610 e. The van der Waals surface area contributed by atoms with E-state index in [-0.39, 0.29) is 75.4 Å². The fourth-order valence-electron chi connectivity index (χ4n) is 2.49. The van der Waals surface area contributed by atoms with Gasteiger partial charge in [-0.05, 0) is 7.59 Å². The van der Waals surface area contributed by atoms with Crippen molar-refractivity contribution < 1.29 is 93.7 Å². The van der Waals surface area contributed by atoms with E-state index in [0.29, 0.717) is 0 Å². The Morgan fingerprint density at radius 2 is 0.868 bits per heavy atom. The molecule has 0 aliphatic rings. The molecule has 0 fully saturated rings. The van der Waals surface area contributed by atoms with Crippen molar-refractivity contribution in [2.24, 2.45) is 0 Å². The average molecular weight is 655 g/mol. The Kier molecular flexibility index (Phi) is 27.9. The van der Waals surface area contributed by atoms with Crippen molar-refractivity contribution in [3.05, 3.63) is 22.9 Å². The van der Waals surface area contributed by atoms with Gasteiger partial charge in [0.2, 0.25) is 0 Å². The Bertz CT molecular complexity index is 762. The van der Waals surface area contributed by atoms with Gasteiger partial charge < -0.3 is 41.4 Å². The van der Waals surface area contributed by atoms with E-state index < -0.39 is 62.7 Å². The fourth-order valence-corrected chi connectivity index (χ4v) is 25.1. The van der Waals surface area contributed by atoms with Crippen LogP contribution in [-0.2, 0) is 18.3 Å². The summed E-state index contributed by atoms with van der Waals surface area (Å²) in [6.45, 7) is 34.2. The standard InChI is InChI=1S/C8H27N3O2P2Si2.C8H23N3O2P2Si2.4Li/c2*1-14(2,12)9-15(13,10-16(3,4)5)11-17(6,7)8;;;;/h1-8H3,(H3,9,10,11,12,13);1-2H2,3-8H3,(H-2,9,10,11,12,13);;;;/q;-4;4*+1. The van der Waals surface area contributed by atoms with Crippen LogP contribution >= 0.6 is 29.8 Å². The van der Waals surface area contributed by atoms with Crippen molar-refractivity contribution in [2.45, 2.75) is 78.6 Å². The molecule has 10 nitrogen and oxygen atoms in total. The molecule has 0 heterocycles. The van der Waals surface area contributed by atoms with Crippen molar-refractivity contribution in [3.63, 3.8) is 0 Å². The molecule has 0 bridgehead atoms. The number of nitrogens with one attached hydrogen (secondary N) is 4. The van der Waals surface area contributed by atoms with Gasteiger partial charge in [-0.1, -0.05) is 86.8 Å². The van der Waals surface area contributed by atoms with E-state index in [1.807, 2.05) is 39.3 Å². The molecule has 208 valence electrons. The predicted molar refractivity (Wildman–Crippen MR) is 166 cm³/mol. The molecule has 0 saturated carbocycles. The summed E-state index contributed by atoms with van der Waals surface area (Å²) in [5.74, 6) is 0. The van der Waals surface area contributed by atoms with E-state index in [1.54, 1.807) is 13.3 Å². The summed E-state index contributed by atoms with van der Waals surface area (Å²) in [6, 6.07) is 0. The van der Waals surface area contributed by atoms with Crippen molar-refractivity contribution in [2.75, 3.05) is 13.3 Å². The van der Waals surface area contributed by atoms with Gasteiger partial charge in [0.15, 0.2) is 0 Å². The predicted octanol–water partition coefficient (Wildman–Crippen LogP) is -3.95. The van der Waals surface area contributed by atoms with Crippen LogP contribution in [0.1, 0.15) is 0 Å². The SMILES string of the molecule is C[Si](C)(C)NP(=O)(N[Si](C)(C)C)NP(C)(C)=O.[CH2-]P([CH2-])(=O)[N-]P(=O)([N-][Si](C)(C)C)N[Si](C)(C)C.[Li+].[Li+].[Li+].[Li+]. The first-order valence-corrected chi connectivity index (χ1v) is 32.8. The molecule has 0 spiro atoms. The van der Waals surface area contributed by atoms with Crippen LogP contribution in [0, 0.1) is 13.3 Å². The second kappa shape index (κ2) is 19.5. The van der Waals surface area contributed by atoms with E-state index in [2.05, 4.69) is 81.3 Å². The molecular formula is C16H50Li4N6O4P4Si4. The van der Waals surface area contributed by atoms with E-state index in [0.717, 1.165) is 0 Å². The van der Waals surface area contributed by atoms with Crippen LogP contribution in [0.3, 0.4) is 0 Å². The number of rotatable bonds is 12. The molecule has 1 atom stereocenters. The van der Waals surface area contributed by atoms with Gasteiger partial charge in [-0.3, -0.25) is 21.4 Å². The van der Waals surface area contributed by atoms with Crippen molar-refractivity contribution in [1.29, 1.82) is 0 Å². The molecule has 0 amide bonds. The van der Waals surface area contributed by atoms with Crippen LogP contribution < -0.4 is 94.6 Å². The Morgan fingerprint density at radius 1 is 0.579 bits per heavy atom. The maximum Gasteiger partial charge on any atom is 1.00 e. The Morgan fingerprint density at radius 3 is 1.05 bits per heavy atom. The van der Waals surface area contributed by atoms with Gasteiger partial charge in [-0.2, -0.15) is 4.86 Å². The van der Waals surface area contributed by atoms with Gasteiger partial charge in [0.1, 0.15) is 32.0 Å². The van der Waals surface area contributed by atoms with Gasteiger partial charge in [0, 0.05) is 13.3 Å². The van der Waals surface area contributed by atoms with Crippen LogP contribution in [0.25, 0.3) is 9.61 Å². The summed E-state index contributed by atoms with van der Waals surface area (Å²) in [7, 11) is -19.3. The van der Waals surface area contributed by atoms with Crippen LogP contribution in [0.2, 0.25) is 78.6 Å². The third kappa shape index (κ3) is 38.0. The smallest absolute Gasteiger partial charge is 0.610 e. The zero-order valence-corrected chi connectivity index (χ0v) is 35.3. The van der Waals surface area contributed by atoms with Gasteiger partial charge in [-0.15, -0.1) is 0 Å². The summed E-state index contributed by atoms with van der Waals surface area (Å²) < 4.78 is 62.6. The number of nitrogens with zero attached hydrogens (tertiary/aromatic N) is 2. The number of hydrogen-bond donors (Lipinski definition) is 4. The average Bonchev–Trinajstić information content (AvgIpc) is 2.20.